The molecule has 3 aromatic rings. The van der Waals surface area contributed by atoms with Crippen LogP contribution in [0, 0.1) is 0 Å². The Morgan fingerprint density at radius 3 is 2.12 bits per heavy atom. The molecule has 0 aliphatic rings. The Hall–Kier alpha value is -2.88. The van der Waals surface area contributed by atoms with Gasteiger partial charge < -0.3 is 9.80 Å². The van der Waals surface area contributed by atoms with Gasteiger partial charge in [-0.1, -0.05) is 48.5 Å². The number of nitrogens with zero attached hydrogens (tertiary/aromatic N) is 4. The molecule has 0 N–H and O–H groups in total. The van der Waals surface area contributed by atoms with Crippen molar-refractivity contribution in [1.82, 2.24) is 9.97 Å². The molecule has 0 saturated heterocycles. The molecular weight excluding hydrogens is 308 g/mol. The monoisotopic (exact) mass is 332 g/mol. The van der Waals surface area contributed by atoms with E-state index in [-0.39, 0.29) is 0 Å². The molecule has 0 atom stereocenters. The number of rotatable bonds is 7. The molecular formula is C21H24N4. The van der Waals surface area contributed by atoms with E-state index in [1.54, 1.807) is 0 Å². The fourth-order valence-corrected chi connectivity index (χ4v) is 2.85. The standard InChI is InChI=1S/C21H24N4/c1-3-24(17-18-11-7-5-8-12-18)21-22-16-15-20(23-21)25(4-2)19-13-9-6-10-14-19/h5-16H,3-4,17H2,1-2H3. The molecule has 0 aliphatic heterocycles. The van der Waals surface area contributed by atoms with Crippen LogP contribution in [0.3, 0.4) is 0 Å². The minimum absolute atomic E-state index is 0.762. The van der Waals surface area contributed by atoms with Crippen LogP contribution in [-0.2, 0) is 6.54 Å². The first kappa shape index (κ1) is 17.0. The van der Waals surface area contributed by atoms with Crippen LogP contribution in [0.1, 0.15) is 19.4 Å². The molecule has 2 aromatic carbocycles. The predicted molar refractivity (Wildman–Crippen MR) is 104 cm³/mol. The van der Waals surface area contributed by atoms with E-state index >= 15 is 0 Å². The lowest BCUT2D eigenvalue weighted by Crippen LogP contribution is -2.25. The normalized spacial score (nSPS) is 10.5. The number of para-hydroxylation sites is 1. The SMILES string of the molecule is CCN(Cc1ccccc1)c1nccc(N(CC)c2ccccc2)n1. The minimum Gasteiger partial charge on any atom is -0.337 e. The van der Waals surface area contributed by atoms with Gasteiger partial charge in [0, 0.05) is 31.5 Å². The average Bonchev–Trinajstić information content (AvgIpc) is 2.69. The summed E-state index contributed by atoms with van der Waals surface area (Å²) >= 11 is 0. The molecule has 0 unspecified atom stereocenters. The lowest BCUT2D eigenvalue weighted by molar-refractivity contribution is 0.788. The molecule has 3 rings (SSSR count). The molecule has 128 valence electrons. The van der Waals surface area contributed by atoms with Crippen molar-refractivity contribution in [3.05, 3.63) is 78.5 Å². The Balaban J connectivity index is 1.86. The largest absolute Gasteiger partial charge is 0.337 e. The van der Waals surface area contributed by atoms with Crippen LogP contribution in [0.5, 0.6) is 0 Å². The van der Waals surface area contributed by atoms with E-state index < -0.39 is 0 Å². The van der Waals surface area contributed by atoms with Gasteiger partial charge in [0.25, 0.3) is 0 Å². The van der Waals surface area contributed by atoms with Crippen molar-refractivity contribution >= 4 is 17.5 Å². The summed E-state index contributed by atoms with van der Waals surface area (Å²) in [4.78, 5) is 13.7. The molecule has 25 heavy (non-hydrogen) atoms. The van der Waals surface area contributed by atoms with E-state index in [1.807, 2.05) is 36.5 Å². The molecule has 0 radical (unpaired) electrons. The van der Waals surface area contributed by atoms with Crippen LogP contribution in [-0.4, -0.2) is 23.1 Å². The molecule has 0 bridgehead atoms. The maximum absolute atomic E-state index is 4.83. The molecule has 0 aliphatic carbocycles. The zero-order valence-corrected chi connectivity index (χ0v) is 14.8. The van der Waals surface area contributed by atoms with Crippen LogP contribution in [0.4, 0.5) is 17.5 Å². The highest BCUT2D eigenvalue weighted by Crippen LogP contribution is 2.24. The second-order valence-electron chi connectivity index (χ2n) is 5.79. The Morgan fingerprint density at radius 2 is 1.48 bits per heavy atom. The van der Waals surface area contributed by atoms with Gasteiger partial charge in [-0.2, -0.15) is 4.98 Å². The molecule has 0 saturated carbocycles. The van der Waals surface area contributed by atoms with Crippen molar-refractivity contribution in [3.8, 4) is 0 Å². The first-order chi connectivity index (χ1) is 12.3. The Bertz CT molecular complexity index is 774. The molecule has 0 fully saturated rings. The first-order valence-electron chi connectivity index (χ1n) is 8.76. The molecule has 0 amide bonds. The summed E-state index contributed by atoms with van der Waals surface area (Å²) in [6.07, 6.45) is 1.84. The Morgan fingerprint density at radius 1 is 0.800 bits per heavy atom. The summed E-state index contributed by atoms with van der Waals surface area (Å²) in [5, 5.41) is 0. The molecule has 1 heterocycles. The average molecular weight is 332 g/mol. The molecule has 1 aromatic heterocycles. The molecule has 4 heteroatoms. The zero-order valence-electron chi connectivity index (χ0n) is 14.8. The van der Waals surface area contributed by atoms with E-state index in [1.165, 1.54) is 5.56 Å². The number of anilines is 3. The summed E-state index contributed by atoms with van der Waals surface area (Å²) < 4.78 is 0. The van der Waals surface area contributed by atoms with Gasteiger partial charge >= 0.3 is 0 Å². The van der Waals surface area contributed by atoms with Crippen molar-refractivity contribution in [2.45, 2.75) is 20.4 Å². The van der Waals surface area contributed by atoms with Crippen molar-refractivity contribution < 1.29 is 0 Å². The molecule has 0 spiro atoms. The third kappa shape index (κ3) is 4.15. The highest BCUT2D eigenvalue weighted by molar-refractivity contribution is 5.60. The van der Waals surface area contributed by atoms with Crippen LogP contribution < -0.4 is 9.80 Å². The van der Waals surface area contributed by atoms with Gasteiger partial charge in [0.15, 0.2) is 0 Å². The van der Waals surface area contributed by atoms with E-state index in [9.17, 15) is 0 Å². The van der Waals surface area contributed by atoms with Gasteiger partial charge in [-0.25, -0.2) is 4.98 Å². The van der Waals surface area contributed by atoms with Crippen LogP contribution in [0.25, 0.3) is 0 Å². The van der Waals surface area contributed by atoms with E-state index in [0.29, 0.717) is 0 Å². The maximum atomic E-state index is 4.83. The predicted octanol–water partition coefficient (Wildman–Crippen LogP) is 4.66. The van der Waals surface area contributed by atoms with Gasteiger partial charge in [-0.05, 0) is 37.6 Å². The number of hydrogen-bond donors (Lipinski definition) is 0. The van der Waals surface area contributed by atoms with Crippen molar-refractivity contribution in [2.75, 3.05) is 22.9 Å². The lowest BCUT2D eigenvalue weighted by Gasteiger charge is -2.25. The zero-order chi connectivity index (χ0) is 17.5. The van der Waals surface area contributed by atoms with Gasteiger partial charge in [0.1, 0.15) is 5.82 Å². The summed E-state index contributed by atoms with van der Waals surface area (Å²) in [5.41, 5.74) is 2.40. The second kappa shape index (κ2) is 8.29. The Labute approximate surface area is 149 Å². The first-order valence-corrected chi connectivity index (χ1v) is 8.76. The Kier molecular flexibility index (Phi) is 5.62. The van der Waals surface area contributed by atoms with Gasteiger partial charge in [-0.3, -0.25) is 0 Å². The van der Waals surface area contributed by atoms with E-state index in [4.69, 9.17) is 4.98 Å². The quantitative estimate of drug-likeness (QED) is 0.630. The van der Waals surface area contributed by atoms with Gasteiger partial charge in [0.05, 0.1) is 0 Å². The molecule has 4 nitrogen and oxygen atoms in total. The summed E-state index contributed by atoms with van der Waals surface area (Å²) in [7, 11) is 0. The number of hydrogen-bond acceptors (Lipinski definition) is 4. The van der Waals surface area contributed by atoms with Crippen molar-refractivity contribution in [3.63, 3.8) is 0 Å². The highest BCUT2D eigenvalue weighted by Gasteiger charge is 2.13. The van der Waals surface area contributed by atoms with Gasteiger partial charge in [0.2, 0.25) is 5.95 Å². The topological polar surface area (TPSA) is 32.3 Å². The fraction of sp³-hybridized carbons (Fsp3) is 0.238. The van der Waals surface area contributed by atoms with E-state index in [0.717, 1.165) is 37.1 Å². The minimum atomic E-state index is 0.762. The van der Waals surface area contributed by atoms with Crippen LogP contribution in [0.15, 0.2) is 72.9 Å². The van der Waals surface area contributed by atoms with E-state index in [2.05, 4.69) is 65.0 Å². The van der Waals surface area contributed by atoms with Gasteiger partial charge in [-0.15, -0.1) is 0 Å². The highest BCUT2D eigenvalue weighted by atomic mass is 15.3. The second-order valence-corrected chi connectivity index (χ2v) is 5.79. The van der Waals surface area contributed by atoms with Crippen molar-refractivity contribution in [2.24, 2.45) is 0 Å². The number of aromatic nitrogens is 2. The number of benzene rings is 2. The smallest absolute Gasteiger partial charge is 0.227 e. The maximum Gasteiger partial charge on any atom is 0.227 e. The van der Waals surface area contributed by atoms with Crippen LogP contribution >= 0.6 is 0 Å². The third-order valence-corrected chi connectivity index (χ3v) is 4.17. The summed E-state index contributed by atoms with van der Waals surface area (Å²) in [6, 6.07) is 22.7. The van der Waals surface area contributed by atoms with Crippen LogP contribution in [0.2, 0.25) is 0 Å². The summed E-state index contributed by atoms with van der Waals surface area (Å²) in [6.45, 7) is 6.78. The fourth-order valence-electron chi connectivity index (χ4n) is 2.85. The third-order valence-electron chi connectivity index (χ3n) is 4.17. The lowest BCUT2D eigenvalue weighted by atomic mass is 10.2. The van der Waals surface area contributed by atoms with Crippen molar-refractivity contribution in [1.29, 1.82) is 0 Å². The summed E-state index contributed by atoms with van der Waals surface area (Å²) in [5.74, 6) is 1.68.